The van der Waals surface area contributed by atoms with Gasteiger partial charge in [-0.1, -0.05) is 38.1 Å². The Morgan fingerprint density at radius 1 is 1.23 bits per heavy atom. The standard InChI is InChI=1S/C23H23FN2O2.C2H6/c1-28-22-10-15(5-8-20(22)24)11-25-12-16(14-27)9-17-6-7-18-13-26-21-4-2-3-19(17)23(18)21;1-2/h2-5,8-10,13-14,16,25-26H,6-7,11-12H2,1H3;1-2H3/b17-9+;. The number of aldehydes is 1. The van der Waals surface area contributed by atoms with E-state index in [9.17, 15) is 9.18 Å². The Morgan fingerprint density at radius 2 is 2.07 bits per heavy atom. The first-order chi connectivity index (χ1) is 14.7. The van der Waals surface area contributed by atoms with Gasteiger partial charge in [-0.15, -0.1) is 0 Å². The number of allylic oxidation sites excluding steroid dienone is 1. The summed E-state index contributed by atoms with van der Waals surface area (Å²) in [7, 11) is 1.45. The molecule has 0 saturated heterocycles. The van der Waals surface area contributed by atoms with Crippen LogP contribution in [-0.4, -0.2) is 24.9 Å². The first kappa shape index (κ1) is 21.8. The molecule has 0 bridgehead atoms. The smallest absolute Gasteiger partial charge is 0.165 e. The van der Waals surface area contributed by atoms with E-state index in [0.29, 0.717) is 13.1 Å². The molecule has 4 nitrogen and oxygen atoms in total. The van der Waals surface area contributed by atoms with E-state index < -0.39 is 0 Å². The molecule has 4 rings (SSSR count). The summed E-state index contributed by atoms with van der Waals surface area (Å²) in [5, 5.41) is 4.57. The Balaban J connectivity index is 0.00000124. The summed E-state index contributed by atoms with van der Waals surface area (Å²) in [5.74, 6) is -0.364. The number of hydrogen-bond acceptors (Lipinski definition) is 3. The number of H-pyrrole nitrogens is 1. The van der Waals surface area contributed by atoms with Crippen molar-refractivity contribution in [1.82, 2.24) is 10.3 Å². The molecule has 0 radical (unpaired) electrons. The molecule has 1 aliphatic carbocycles. The SMILES string of the molecule is CC.COc1cc(CNCC(C=O)/C=C2\CCc3c[nH]c4cccc2c34)ccc1F. The second kappa shape index (κ2) is 10.2. The van der Waals surface area contributed by atoms with Crippen LogP contribution >= 0.6 is 0 Å². The van der Waals surface area contributed by atoms with Crippen molar-refractivity contribution in [3.8, 4) is 5.75 Å². The molecule has 0 aliphatic heterocycles. The number of ether oxygens (including phenoxy) is 1. The van der Waals surface area contributed by atoms with Crippen LogP contribution < -0.4 is 10.1 Å². The highest BCUT2D eigenvalue weighted by molar-refractivity contribution is 5.97. The number of carbonyl (C=O) groups excluding carboxylic acids is 1. The summed E-state index contributed by atoms with van der Waals surface area (Å²) >= 11 is 0. The summed E-state index contributed by atoms with van der Waals surface area (Å²) in [6.45, 7) is 5.07. The lowest BCUT2D eigenvalue weighted by molar-refractivity contribution is -0.109. The molecule has 0 saturated carbocycles. The maximum atomic E-state index is 13.5. The minimum absolute atomic E-state index is 0.215. The second-order valence-corrected chi connectivity index (χ2v) is 7.13. The van der Waals surface area contributed by atoms with Crippen molar-refractivity contribution in [1.29, 1.82) is 0 Å². The minimum atomic E-state index is -0.377. The van der Waals surface area contributed by atoms with Crippen LogP contribution in [0.25, 0.3) is 16.5 Å². The quantitative estimate of drug-likeness (QED) is 0.523. The van der Waals surface area contributed by atoms with Gasteiger partial charge in [0.1, 0.15) is 6.29 Å². The van der Waals surface area contributed by atoms with E-state index in [4.69, 9.17) is 4.74 Å². The first-order valence-corrected chi connectivity index (χ1v) is 10.5. The zero-order valence-electron chi connectivity index (χ0n) is 17.8. The number of aromatic amines is 1. The van der Waals surface area contributed by atoms with Crippen molar-refractivity contribution < 1.29 is 13.9 Å². The molecule has 3 aromatic rings. The third-order valence-electron chi connectivity index (χ3n) is 5.31. The van der Waals surface area contributed by atoms with E-state index in [0.717, 1.165) is 30.2 Å². The van der Waals surface area contributed by atoms with Gasteiger partial charge in [0, 0.05) is 36.1 Å². The van der Waals surface area contributed by atoms with Gasteiger partial charge in [-0.25, -0.2) is 4.39 Å². The Kier molecular flexibility index (Phi) is 7.41. The summed E-state index contributed by atoms with van der Waals surface area (Å²) < 4.78 is 18.5. The van der Waals surface area contributed by atoms with Crippen molar-refractivity contribution in [2.24, 2.45) is 5.92 Å². The highest BCUT2D eigenvalue weighted by atomic mass is 19.1. The molecule has 1 aliphatic rings. The lowest BCUT2D eigenvalue weighted by Gasteiger charge is -2.18. The second-order valence-electron chi connectivity index (χ2n) is 7.13. The van der Waals surface area contributed by atoms with Crippen LogP contribution in [0.1, 0.15) is 37.0 Å². The number of aryl methyl sites for hydroxylation is 1. The Hall–Kier alpha value is -2.92. The number of carbonyl (C=O) groups is 1. The Bertz CT molecular complexity index is 1040. The maximum absolute atomic E-state index is 13.5. The molecule has 5 heteroatoms. The van der Waals surface area contributed by atoms with Gasteiger partial charge in [-0.3, -0.25) is 0 Å². The van der Waals surface area contributed by atoms with E-state index in [1.54, 1.807) is 12.1 Å². The molecule has 0 amide bonds. The van der Waals surface area contributed by atoms with Crippen molar-refractivity contribution >= 4 is 22.8 Å². The highest BCUT2D eigenvalue weighted by Gasteiger charge is 2.18. The van der Waals surface area contributed by atoms with Crippen LogP contribution in [0.2, 0.25) is 0 Å². The maximum Gasteiger partial charge on any atom is 0.165 e. The number of hydrogen-bond donors (Lipinski definition) is 2. The zero-order valence-corrected chi connectivity index (χ0v) is 17.8. The molecule has 1 aromatic heterocycles. The molecule has 2 aromatic carbocycles. The van der Waals surface area contributed by atoms with Crippen LogP contribution in [0.4, 0.5) is 4.39 Å². The molecule has 1 unspecified atom stereocenters. The third-order valence-corrected chi connectivity index (χ3v) is 5.31. The summed E-state index contributed by atoms with van der Waals surface area (Å²) in [4.78, 5) is 15.0. The monoisotopic (exact) mass is 408 g/mol. The Morgan fingerprint density at radius 3 is 2.83 bits per heavy atom. The molecule has 1 heterocycles. The first-order valence-electron chi connectivity index (χ1n) is 10.5. The van der Waals surface area contributed by atoms with Crippen LogP contribution in [0.5, 0.6) is 5.75 Å². The van der Waals surface area contributed by atoms with Crippen molar-refractivity contribution in [2.75, 3.05) is 13.7 Å². The van der Waals surface area contributed by atoms with Crippen molar-refractivity contribution in [3.63, 3.8) is 0 Å². The van der Waals surface area contributed by atoms with E-state index >= 15 is 0 Å². The topological polar surface area (TPSA) is 54.1 Å². The number of rotatable bonds is 7. The van der Waals surface area contributed by atoms with E-state index in [2.05, 4.69) is 34.7 Å². The molecule has 0 spiro atoms. The van der Waals surface area contributed by atoms with Gasteiger partial charge >= 0.3 is 0 Å². The van der Waals surface area contributed by atoms with Gasteiger partial charge in [-0.2, -0.15) is 0 Å². The van der Waals surface area contributed by atoms with E-state index in [-0.39, 0.29) is 17.5 Å². The van der Waals surface area contributed by atoms with Crippen LogP contribution in [-0.2, 0) is 17.8 Å². The average molecular weight is 409 g/mol. The van der Waals surface area contributed by atoms with Crippen LogP contribution in [0.3, 0.4) is 0 Å². The molecular formula is C25H29FN2O2. The molecular weight excluding hydrogens is 379 g/mol. The number of aromatic nitrogens is 1. The van der Waals surface area contributed by atoms with Gasteiger partial charge in [0.05, 0.1) is 7.11 Å². The van der Waals surface area contributed by atoms with Crippen molar-refractivity contribution in [3.05, 3.63) is 71.2 Å². The van der Waals surface area contributed by atoms with Gasteiger partial charge < -0.3 is 19.8 Å². The lowest BCUT2D eigenvalue weighted by Crippen LogP contribution is -2.22. The minimum Gasteiger partial charge on any atom is -0.494 e. The predicted octanol–water partition coefficient (Wildman–Crippen LogP) is 5.28. The highest BCUT2D eigenvalue weighted by Crippen LogP contribution is 2.36. The Labute approximate surface area is 177 Å². The summed E-state index contributed by atoms with van der Waals surface area (Å²) in [5.41, 5.74) is 5.84. The molecule has 30 heavy (non-hydrogen) atoms. The molecule has 158 valence electrons. The fourth-order valence-electron chi connectivity index (χ4n) is 3.90. The normalized spacial score (nSPS) is 14.9. The summed E-state index contributed by atoms with van der Waals surface area (Å²) in [6.07, 6.45) is 7.06. The molecule has 0 fully saturated rings. The molecule has 1 atom stereocenters. The number of methoxy groups -OCH3 is 1. The largest absolute Gasteiger partial charge is 0.494 e. The fourth-order valence-corrected chi connectivity index (χ4v) is 3.90. The number of halogens is 1. The van der Waals surface area contributed by atoms with E-state index in [1.807, 2.05) is 19.9 Å². The van der Waals surface area contributed by atoms with Crippen LogP contribution in [0.15, 0.2) is 48.7 Å². The number of nitrogens with one attached hydrogen (secondary N) is 2. The fraction of sp³-hybridized carbons (Fsp3) is 0.320. The zero-order chi connectivity index (χ0) is 21.5. The number of benzene rings is 2. The lowest BCUT2D eigenvalue weighted by atomic mass is 9.87. The average Bonchev–Trinajstić information content (AvgIpc) is 3.22. The third kappa shape index (κ3) is 4.62. The van der Waals surface area contributed by atoms with E-state index in [1.165, 1.54) is 35.3 Å². The van der Waals surface area contributed by atoms with Gasteiger partial charge in [-0.05, 0) is 53.3 Å². The summed E-state index contributed by atoms with van der Waals surface area (Å²) in [6, 6.07) is 11.0. The predicted molar refractivity (Wildman–Crippen MR) is 120 cm³/mol. The molecule has 2 N–H and O–H groups in total. The van der Waals surface area contributed by atoms with Gasteiger partial charge in [0.25, 0.3) is 0 Å². The van der Waals surface area contributed by atoms with Crippen LogP contribution in [0, 0.1) is 11.7 Å². The van der Waals surface area contributed by atoms with Gasteiger partial charge in [0.2, 0.25) is 0 Å². The van der Waals surface area contributed by atoms with Gasteiger partial charge in [0.15, 0.2) is 11.6 Å². The van der Waals surface area contributed by atoms with Crippen molar-refractivity contribution in [2.45, 2.75) is 33.2 Å².